The van der Waals surface area contributed by atoms with E-state index in [0.717, 1.165) is 29.9 Å². The lowest BCUT2D eigenvalue weighted by molar-refractivity contribution is 0.305. The summed E-state index contributed by atoms with van der Waals surface area (Å²) in [4.78, 5) is 4.05. The van der Waals surface area contributed by atoms with Gasteiger partial charge in [-0.05, 0) is 43.5 Å². The van der Waals surface area contributed by atoms with Crippen LogP contribution in [0.2, 0.25) is 0 Å². The normalized spacial score (nSPS) is 11.3. The Labute approximate surface area is 118 Å². The zero-order chi connectivity index (χ0) is 14.2. The summed E-state index contributed by atoms with van der Waals surface area (Å²) in [5.74, 6) is 0.838. The van der Waals surface area contributed by atoms with Gasteiger partial charge in [0.1, 0.15) is 12.4 Å². The first kappa shape index (κ1) is 14.1. The third-order valence-corrected chi connectivity index (χ3v) is 3.00. The molecule has 2 rings (SSSR count). The molecule has 0 amide bonds. The van der Waals surface area contributed by atoms with Crippen molar-refractivity contribution in [3.05, 3.63) is 59.9 Å². The van der Waals surface area contributed by atoms with Gasteiger partial charge in [-0.2, -0.15) is 0 Å². The van der Waals surface area contributed by atoms with Crippen molar-refractivity contribution in [1.82, 2.24) is 4.98 Å². The van der Waals surface area contributed by atoms with Crippen LogP contribution in [-0.2, 0) is 13.0 Å². The Morgan fingerprint density at radius 3 is 2.65 bits per heavy atom. The van der Waals surface area contributed by atoms with Gasteiger partial charge in [-0.1, -0.05) is 23.4 Å². The number of ether oxygens (including phenoxy) is 1. The summed E-state index contributed by atoms with van der Waals surface area (Å²) in [6, 6.07) is 11.9. The monoisotopic (exact) mass is 270 g/mol. The molecule has 0 aliphatic heterocycles. The van der Waals surface area contributed by atoms with Crippen LogP contribution in [0, 0.1) is 0 Å². The standard InChI is InChI=1S/C16H18N2O2/c1-13(18-19)4-5-14-6-8-16(9-7-14)20-12-15-3-2-10-17-11-15/h2-3,6-11,19H,4-5,12H2,1H3/b18-13+. The number of oxime groups is 1. The number of rotatable bonds is 6. The Balaban J connectivity index is 1.85. The molecule has 0 saturated carbocycles. The molecule has 0 fully saturated rings. The van der Waals surface area contributed by atoms with Crippen LogP contribution in [-0.4, -0.2) is 15.9 Å². The Morgan fingerprint density at radius 2 is 2.00 bits per heavy atom. The van der Waals surface area contributed by atoms with Crippen LogP contribution in [0.15, 0.2) is 53.9 Å². The van der Waals surface area contributed by atoms with Crippen molar-refractivity contribution >= 4 is 5.71 Å². The van der Waals surface area contributed by atoms with Gasteiger partial charge in [0.2, 0.25) is 0 Å². The molecule has 1 aromatic carbocycles. The Bertz CT molecular complexity index is 550. The second kappa shape index (κ2) is 7.28. The van der Waals surface area contributed by atoms with E-state index in [1.807, 2.05) is 43.3 Å². The van der Waals surface area contributed by atoms with Gasteiger partial charge in [0, 0.05) is 18.0 Å². The zero-order valence-electron chi connectivity index (χ0n) is 11.5. The topological polar surface area (TPSA) is 54.7 Å². The van der Waals surface area contributed by atoms with Crippen molar-refractivity contribution in [2.24, 2.45) is 5.16 Å². The van der Waals surface area contributed by atoms with E-state index in [0.29, 0.717) is 6.61 Å². The highest BCUT2D eigenvalue weighted by molar-refractivity contribution is 5.81. The van der Waals surface area contributed by atoms with Crippen LogP contribution in [0.3, 0.4) is 0 Å². The van der Waals surface area contributed by atoms with Gasteiger partial charge < -0.3 is 9.94 Å². The zero-order valence-corrected chi connectivity index (χ0v) is 11.5. The van der Waals surface area contributed by atoms with Crippen LogP contribution in [0.25, 0.3) is 0 Å². The quantitative estimate of drug-likeness (QED) is 0.497. The van der Waals surface area contributed by atoms with Gasteiger partial charge in [-0.25, -0.2) is 0 Å². The third-order valence-electron chi connectivity index (χ3n) is 3.00. The lowest BCUT2D eigenvalue weighted by atomic mass is 10.1. The number of hydrogen-bond acceptors (Lipinski definition) is 4. The Hall–Kier alpha value is -2.36. The van der Waals surface area contributed by atoms with Gasteiger partial charge in [-0.3, -0.25) is 4.98 Å². The first-order valence-electron chi connectivity index (χ1n) is 6.56. The summed E-state index contributed by atoms with van der Waals surface area (Å²) < 4.78 is 5.69. The average Bonchev–Trinajstić information content (AvgIpc) is 2.52. The fourth-order valence-electron chi connectivity index (χ4n) is 1.78. The molecule has 4 nitrogen and oxygen atoms in total. The molecule has 1 N–H and O–H groups in total. The molecule has 0 bridgehead atoms. The maximum atomic E-state index is 8.60. The summed E-state index contributed by atoms with van der Waals surface area (Å²) >= 11 is 0. The minimum atomic E-state index is 0.517. The van der Waals surface area contributed by atoms with Crippen molar-refractivity contribution in [2.45, 2.75) is 26.4 Å². The van der Waals surface area contributed by atoms with Gasteiger partial charge in [0.15, 0.2) is 0 Å². The van der Waals surface area contributed by atoms with E-state index in [2.05, 4.69) is 10.1 Å². The maximum absolute atomic E-state index is 8.60. The molecule has 0 saturated heterocycles. The van der Waals surface area contributed by atoms with E-state index in [1.165, 1.54) is 5.56 Å². The first-order chi connectivity index (χ1) is 9.78. The maximum Gasteiger partial charge on any atom is 0.119 e. The van der Waals surface area contributed by atoms with Crippen LogP contribution in [0.5, 0.6) is 5.75 Å². The molecule has 0 atom stereocenters. The highest BCUT2D eigenvalue weighted by Crippen LogP contribution is 2.15. The fourth-order valence-corrected chi connectivity index (χ4v) is 1.78. The predicted molar refractivity (Wildman–Crippen MR) is 78.2 cm³/mol. The summed E-state index contributed by atoms with van der Waals surface area (Å²) in [5, 5.41) is 11.8. The van der Waals surface area contributed by atoms with Gasteiger partial charge in [-0.15, -0.1) is 0 Å². The summed E-state index contributed by atoms with van der Waals surface area (Å²) in [7, 11) is 0. The molecule has 2 aromatic rings. The van der Waals surface area contributed by atoms with E-state index in [1.54, 1.807) is 12.4 Å². The van der Waals surface area contributed by atoms with Crippen LogP contribution in [0.1, 0.15) is 24.5 Å². The lowest BCUT2D eigenvalue weighted by Gasteiger charge is -2.07. The smallest absolute Gasteiger partial charge is 0.119 e. The largest absolute Gasteiger partial charge is 0.489 e. The van der Waals surface area contributed by atoms with Crippen LogP contribution in [0.4, 0.5) is 0 Å². The summed E-state index contributed by atoms with van der Waals surface area (Å²) in [6.45, 7) is 2.33. The van der Waals surface area contributed by atoms with Gasteiger partial charge in [0.05, 0.1) is 5.71 Å². The number of aryl methyl sites for hydroxylation is 1. The predicted octanol–water partition coefficient (Wildman–Crippen LogP) is 3.44. The SMILES string of the molecule is C/C(CCc1ccc(OCc2cccnc2)cc1)=N\O. The minimum Gasteiger partial charge on any atom is -0.489 e. The summed E-state index contributed by atoms with van der Waals surface area (Å²) in [6.07, 6.45) is 5.16. The van der Waals surface area contributed by atoms with Crippen LogP contribution >= 0.6 is 0 Å². The van der Waals surface area contributed by atoms with E-state index >= 15 is 0 Å². The van der Waals surface area contributed by atoms with Crippen molar-refractivity contribution in [3.63, 3.8) is 0 Å². The van der Waals surface area contributed by atoms with Crippen LogP contribution < -0.4 is 4.74 Å². The van der Waals surface area contributed by atoms with E-state index in [9.17, 15) is 0 Å². The second-order valence-corrected chi connectivity index (χ2v) is 4.63. The number of aromatic nitrogens is 1. The fraction of sp³-hybridized carbons (Fsp3) is 0.250. The number of benzene rings is 1. The van der Waals surface area contributed by atoms with Crippen molar-refractivity contribution in [1.29, 1.82) is 0 Å². The molecular weight excluding hydrogens is 252 g/mol. The number of hydrogen-bond donors (Lipinski definition) is 1. The van der Waals surface area contributed by atoms with Crippen molar-refractivity contribution < 1.29 is 9.94 Å². The van der Waals surface area contributed by atoms with Gasteiger partial charge in [0.25, 0.3) is 0 Å². The molecule has 0 spiro atoms. The molecular formula is C16H18N2O2. The van der Waals surface area contributed by atoms with Crippen molar-refractivity contribution in [3.8, 4) is 5.75 Å². The molecule has 0 aliphatic carbocycles. The minimum absolute atomic E-state index is 0.517. The molecule has 0 unspecified atom stereocenters. The van der Waals surface area contributed by atoms with Gasteiger partial charge >= 0.3 is 0 Å². The molecule has 20 heavy (non-hydrogen) atoms. The average molecular weight is 270 g/mol. The highest BCUT2D eigenvalue weighted by atomic mass is 16.5. The van der Waals surface area contributed by atoms with E-state index in [4.69, 9.17) is 9.94 Å². The Kier molecular flexibility index (Phi) is 5.12. The third kappa shape index (κ3) is 4.39. The first-order valence-corrected chi connectivity index (χ1v) is 6.56. The molecule has 4 heteroatoms. The van der Waals surface area contributed by atoms with E-state index < -0.39 is 0 Å². The Morgan fingerprint density at radius 1 is 1.20 bits per heavy atom. The molecule has 0 aliphatic rings. The second-order valence-electron chi connectivity index (χ2n) is 4.63. The van der Waals surface area contributed by atoms with Crippen molar-refractivity contribution in [2.75, 3.05) is 0 Å². The summed E-state index contributed by atoms with van der Waals surface area (Å²) in [5.41, 5.74) is 2.98. The number of pyridine rings is 1. The van der Waals surface area contributed by atoms with E-state index in [-0.39, 0.29) is 0 Å². The molecule has 104 valence electrons. The number of nitrogens with zero attached hydrogens (tertiary/aromatic N) is 2. The lowest BCUT2D eigenvalue weighted by Crippen LogP contribution is -1.97. The molecule has 1 aromatic heterocycles. The molecule has 0 radical (unpaired) electrons. The highest BCUT2D eigenvalue weighted by Gasteiger charge is 1.99. The molecule has 1 heterocycles.